The highest BCUT2D eigenvalue weighted by molar-refractivity contribution is 6.30. The van der Waals surface area contributed by atoms with E-state index in [1.54, 1.807) is 0 Å². The largest absolute Gasteiger partial charge is 0.418 e. The number of hydrogen-bond donors (Lipinski definition) is 2. The van der Waals surface area contributed by atoms with E-state index < -0.39 is 23.7 Å². The highest BCUT2D eigenvalue weighted by Gasteiger charge is 2.35. The van der Waals surface area contributed by atoms with Crippen molar-refractivity contribution in [3.8, 4) is 0 Å². The first-order chi connectivity index (χ1) is 14.3. The fourth-order valence-corrected chi connectivity index (χ4v) is 4.06. The van der Waals surface area contributed by atoms with E-state index in [2.05, 4.69) is 10.6 Å². The molecule has 0 aliphatic heterocycles. The molecule has 2 aromatic carbocycles. The average molecular weight is 439 g/mol. The normalized spacial score (nSPS) is 17.1. The molecule has 162 valence electrons. The summed E-state index contributed by atoms with van der Waals surface area (Å²) in [5.74, 6) is -0.518. The van der Waals surface area contributed by atoms with Crippen LogP contribution >= 0.6 is 11.6 Å². The van der Waals surface area contributed by atoms with Gasteiger partial charge in [-0.2, -0.15) is 13.2 Å². The van der Waals surface area contributed by atoms with Gasteiger partial charge in [-0.05, 0) is 36.6 Å². The standard InChI is InChI=1S/C23H26ClF3N2O/c24-17-13-14-20(19(15-17)23(25,26)27)29-22(30)21(16-9-5-4-6-10-16)28-18-11-7-2-1-3-8-12-18/h4-6,9-10,13-15,18,21,28H,1-3,7-8,11-12H2,(H,29,30)/t21-/m1/s1. The number of benzene rings is 2. The molecule has 0 saturated heterocycles. The van der Waals surface area contributed by atoms with Gasteiger partial charge in [0.2, 0.25) is 5.91 Å². The highest BCUT2D eigenvalue weighted by atomic mass is 35.5. The highest BCUT2D eigenvalue weighted by Crippen LogP contribution is 2.37. The van der Waals surface area contributed by atoms with E-state index in [1.807, 2.05) is 30.3 Å². The van der Waals surface area contributed by atoms with Gasteiger partial charge in [-0.15, -0.1) is 0 Å². The Balaban J connectivity index is 1.84. The van der Waals surface area contributed by atoms with Crippen molar-refractivity contribution < 1.29 is 18.0 Å². The van der Waals surface area contributed by atoms with Gasteiger partial charge in [0.05, 0.1) is 11.3 Å². The van der Waals surface area contributed by atoms with E-state index in [-0.39, 0.29) is 16.8 Å². The van der Waals surface area contributed by atoms with Crippen LogP contribution in [-0.4, -0.2) is 11.9 Å². The Labute approximate surface area is 180 Å². The van der Waals surface area contributed by atoms with Crippen molar-refractivity contribution in [1.82, 2.24) is 5.32 Å². The van der Waals surface area contributed by atoms with Crippen LogP contribution in [-0.2, 0) is 11.0 Å². The second-order valence-corrected chi connectivity index (χ2v) is 8.17. The quantitative estimate of drug-likeness (QED) is 0.542. The zero-order chi connectivity index (χ0) is 21.6. The molecule has 3 rings (SSSR count). The second-order valence-electron chi connectivity index (χ2n) is 7.73. The fraction of sp³-hybridized carbons (Fsp3) is 0.435. The van der Waals surface area contributed by atoms with Gasteiger partial charge in [0.25, 0.3) is 0 Å². The monoisotopic (exact) mass is 438 g/mol. The Morgan fingerprint density at radius 1 is 0.967 bits per heavy atom. The first-order valence-corrected chi connectivity index (χ1v) is 10.7. The van der Waals surface area contributed by atoms with Crippen molar-refractivity contribution in [3.63, 3.8) is 0 Å². The third-order valence-corrected chi connectivity index (χ3v) is 5.68. The van der Waals surface area contributed by atoms with Crippen molar-refractivity contribution in [2.45, 2.75) is 63.2 Å². The molecule has 1 aliphatic carbocycles. The molecule has 3 nitrogen and oxygen atoms in total. The molecule has 0 unspecified atom stereocenters. The van der Waals surface area contributed by atoms with Crippen molar-refractivity contribution in [3.05, 3.63) is 64.7 Å². The molecule has 0 spiro atoms. The number of anilines is 1. The molecule has 7 heteroatoms. The van der Waals surface area contributed by atoms with Gasteiger partial charge in [-0.3, -0.25) is 10.1 Å². The Kier molecular flexibility index (Phi) is 7.78. The molecular weight excluding hydrogens is 413 g/mol. The van der Waals surface area contributed by atoms with Crippen LogP contribution in [0.15, 0.2) is 48.5 Å². The van der Waals surface area contributed by atoms with Crippen molar-refractivity contribution in [2.24, 2.45) is 0 Å². The summed E-state index contributed by atoms with van der Waals surface area (Å²) in [5.41, 5.74) is -0.530. The molecule has 2 aromatic rings. The molecule has 0 radical (unpaired) electrons. The maximum absolute atomic E-state index is 13.4. The van der Waals surface area contributed by atoms with E-state index >= 15 is 0 Å². The average Bonchev–Trinajstić information content (AvgIpc) is 2.68. The van der Waals surface area contributed by atoms with Crippen LogP contribution in [0.5, 0.6) is 0 Å². The van der Waals surface area contributed by atoms with Gasteiger partial charge in [-0.1, -0.05) is 74.0 Å². The minimum Gasteiger partial charge on any atom is -0.324 e. The molecule has 2 N–H and O–H groups in total. The molecule has 0 bridgehead atoms. The lowest BCUT2D eigenvalue weighted by molar-refractivity contribution is -0.137. The van der Waals surface area contributed by atoms with E-state index in [4.69, 9.17) is 11.6 Å². The van der Waals surface area contributed by atoms with Gasteiger partial charge >= 0.3 is 6.18 Å². The number of halogens is 4. The van der Waals surface area contributed by atoms with E-state index in [0.717, 1.165) is 37.3 Å². The first kappa shape index (κ1) is 22.6. The number of carbonyl (C=O) groups is 1. The summed E-state index contributed by atoms with van der Waals surface area (Å²) in [7, 11) is 0. The van der Waals surface area contributed by atoms with Crippen LogP contribution in [0.2, 0.25) is 5.02 Å². The zero-order valence-electron chi connectivity index (χ0n) is 16.6. The number of nitrogens with one attached hydrogen (secondary N) is 2. The van der Waals surface area contributed by atoms with Crippen LogP contribution in [0.4, 0.5) is 18.9 Å². The minimum absolute atomic E-state index is 0.0346. The lowest BCUT2D eigenvalue weighted by Crippen LogP contribution is -2.40. The molecular formula is C23H26ClF3N2O. The van der Waals surface area contributed by atoms with E-state index in [1.165, 1.54) is 31.4 Å². The van der Waals surface area contributed by atoms with Crippen molar-refractivity contribution in [1.29, 1.82) is 0 Å². The van der Waals surface area contributed by atoms with Gasteiger partial charge in [-0.25, -0.2) is 0 Å². The molecule has 1 aliphatic rings. The van der Waals surface area contributed by atoms with Crippen LogP contribution in [0.1, 0.15) is 62.1 Å². The van der Waals surface area contributed by atoms with Crippen molar-refractivity contribution >= 4 is 23.2 Å². The lowest BCUT2D eigenvalue weighted by atomic mass is 9.95. The maximum atomic E-state index is 13.4. The molecule has 0 aromatic heterocycles. The number of carbonyl (C=O) groups excluding carboxylic acids is 1. The Bertz CT molecular complexity index is 834. The molecule has 1 amide bonds. The third-order valence-electron chi connectivity index (χ3n) is 5.45. The molecule has 1 fully saturated rings. The predicted octanol–water partition coefficient (Wildman–Crippen LogP) is 6.74. The van der Waals surface area contributed by atoms with Gasteiger partial charge in [0.1, 0.15) is 6.04 Å². The summed E-state index contributed by atoms with van der Waals surface area (Å²) >= 11 is 5.75. The Hall–Kier alpha value is -2.05. The Morgan fingerprint density at radius 3 is 2.23 bits per heavy atom. The van der Waals surface area contributed by atoms with E-state index in [9.17, 15) is 18.0 Å². The van der Waals surface area contributed by atoms with Crippen LogP contribution in [0, 0.1) is 0 Å². The first-order valence-electron chi connectivity index (χ1n) is 10.3. The molecule has 1 saturated carbocycles. The second kappa shape index (κ2) is 10.3. The molecule has 0 heterocycles. The molecule has 1 atom stereocenters. The lowest BCUT2D eigenvalue weighted by Gasteiger charge is -2.27. The third kappa shape index (κ3) is 6.22. The summed E-state index contributed by atoms with van der Waals surface area (Å²) < 4.78 is 40.3. The summed E-state index contributed by atoms with van der Waals surface area (Å²) in [4.78, 5) is 13.1. The van der Waals surface area contributed by atoms with Gasteiger partial charge in [0.15, 0.2) is 0 Å². The summed E-state index contributed by atoms with van der Waals surface area (Å²) in [6.07, 6.45) is 3.00. The fourth-order valence-electron chi connectivity index (χ4n) is 3.89. The minimum atomic E-state index is -4.62. The van der Waals surface area contributed by atoms with E-state index in [0.29, 0.717) is 0 Å². The number of amides is 1. The number of alkyl halides is 3. The smallest absolute Gasteiger partial charge is 0.324 e. The van der Waals surface area contributed by atoms with Crippen LogP contribution < -0.4 is 10.6 Å². The number of rotatable bonds is 5. The Morgan fingerprint density at radius 2 is 1.60 bits per heavy atom. The number of hydrogen-bond acceptors (Lipinski definition) is 2. The summed E-state index contributed by atoms with van der Waals surface area (Å²) in [5, 5.41) is 5.86. The SMILES string of the molecule is O=C(Nc1ccc(Cl)cc1C(F)(F)F)[C@H](NC1CCCCCCC1)c1ccccc1. The topological polar surface area (TPSA) is 41.1 Å². The molecule has 30 heavy (non-hydrogen) atoms. The van der Waals surface area contributed by atoms with Gasteiger partial charge in [0, 0.05) is 11.1 Å². The predicted molar refractivity (Wildman–Crippen MR) is 114 cm³/mol. The maximum Gasteiger partial charge on any atom is 0.418 e. The van der Waals surface area contributed by atoms with Crippen LogP contribution in [0.25, 0.3) is 0 Å². The zero-order valence-corrected chi connectivity index (χ0v) is 17.4. The van der Waals surface area contributed by atoms with Crippen LogP contribution in [0.3, 0.4) is 0 Å². The van der Waals surface area contributed by atoms with Gasteiger partial charge < -0.3 is 5.32 Å². The summed E-state index contributed by atoms with van der Waals surface area (Å²) in [6, 6.07) is 11.9. The van der Waals surface area contributed by atoms with Crippen molar-refractivity contribution in [2.75, 3.05) is 5.32 Å². The summed E-state index contributed by atoms with van der Waals surface area (Å²) in [6.45, 7) is 0.